The molecule has 0 heterocycles. The number of aliphatic hydroxyl groups is 1. The Labute approximate surface area is 113 Å². The molecule has 1 aliphatic carbocycles. The lowest BCUT2D eigenvalue weighted by atomic mass is 9.85. The van der Waals surface area contributed by atoms with Crippen molar-refractivity contribution in [3.8, 4) is 6.07 Å². The predicted molar refractivity (Wildman–Crippen MR) is 70.9 cm³/mol. The summed E-state index contributed by atoms with van der Waals surface area (Å²) in [5, 5.41) is 22.3. The number of nitrogens with one attached hydrogen (secondary N) is 1. The van der Waals surface area contributed by atoms with Gasteiger partial charge in [-0.2, -0.15) is 5.26 Å². The zero-order chi connectivity index (χ0) is 13.7. The average Bonchev–Trinajstić information content (AvgIpc) is 2.41. The maximum absolute atomic E-state index is 13.2. The minimum atomic E-state index is -0.601. The molecule has 102 valence electrons. The van der Waals surface area contributed by atoms with E-state index in [0.29, 0.717) is 13.1 Å². The van der Waals surface area contributed by atoms with Crippen molar-refractivity contribution in [1.29, 1.82) is 5.26 Å². The van der Waals surface area contributed by atoms with Gasteiger partial charge in [0.05, 0.1) is 11.2 Å². The molecule has 0 aromatic heterocycles. The zero-order valence-corrected chi connectivity index (χ0v) is 11.0. The van der Waals surface area contributed by atoms with Crippen molar-refractivity contribution in [3.05, 3.63) is 35.1 Å². The zero-order valence-electron chi connectivity index (χ0n) is 11.0. The number of rotatable bonds is 4. The molecule has 1 aromatic rings. The van der Waals surface area contributed by atoms with E-state index in [2.05, 4.69) is 5.32 Å². The molecule has 0 atom stereocenters. The molecular weight excluding hydrogens is 243 g/mol. The number of halogens is 1. The molecule has 3 nitrogen and oxygen atoms in total. The molecule has 4 heteroatoms. The highest BCUT2D eigenvalue weighted by Crippen LogP contribution is 2.27. The standard InChI is InChI=1S/C15H19FN2O/c16-14-5-4-12(8-13(14)9-17)10-18-11-15(19)6-2-1-3-7-15/h4-5,8,18-19H,1-3,6-7,10-11H2. The van der Waals surface area contributed by atoms with Crippen LogP contribution in [0.15, 0.2) is 18.2 Å². The molecule has 1 fully saturated rings. The van der Waals surface area contributed by atoms with Crippen LogP contribution in [-0.4, -0.2) is 17.3 Å². The third-order valence-corrected chi connectivity index (χ3v) is 3.72. The predicted octanol–water partition coefficient (Wildman–Crippen LogP) is 2.48. The summed E-state index contributed by atoms with van der Waals surface area (Å²) in [6, 6.07) is 6.35. The summed E-state index contributed by atoms with van der Waals surface area (Å²) < 4.78 is 13.2. The summed E-state index contributed by atoms with van der Waals surface area (Å²) in [7, 11) is 0. The van der Waals surface area contributed by atoms with Crippen molar-refractivity contribution in [2.45, 2.75) is 44.2 Å². The van der Waals surface area contributed by atoms with E-state index in [4.69, 9.17) is 5.26 Å². The van der Waals surface area contributed by atoms with Crippen molar-refractivity contribution in [1.82, 2.24) is 5.32 Å². The molecule has 1 aromatic carbocycles. The Bertz CT molecular complexity index is 476. The molecule has 0 saturated heterocycles. The van der Waals surface area contributed by atoms with Gasteiger partial charge in [0.25, 0.3) is 0 Å². The lowest BCUT2D eigenvalue weighted by Crippen LogP contribution is -2.41. The van der Waals surface area contributed by atoms with Gasteiger partial charge < -0.3 is 10.4 Å². The second-order valence-corrected chi connectivity index (χ2v) is 5.31. The Balaban J connectivity index is 1.87. The van der Waals surface area contributed by atoms with Gasteiger partial charge in [-0.3, -0.25) is 0 Å². The van der Waals surface area contributed by atoms with Gasteiger partial charge in [0.1, 0.15) is 11.9 Å². The van der Waals surface area contributed by atoms with Gasteiger partial charge in [0.15, 0.2) is 0 Å². The first-order valence-electron chi connectivity index (χ1n) is 6.75. The second kappa shape index (κ2) is 6.14. The van der Waals surface area contributed by atoms with Gasteiger partial charge in [-0.1, -0.05) is 25.3 Å². The van der Waals surface area contributed by atoms with E-state index in [1.807, 2.05) is 6.07 Å². The molecule has 0 amide bonds. The van der Waals surface area contributed by atoms with Gasteiger partial charge in [0, 0.05) is 13.1 Å². The van der Waals surface area contributed by atoms with Crippen molar-refractivity contribution >= 4 is 0 Å². The van der Waals surface area contributed by atoms with Crippen LogP contribution in [0.3, 0.4) is 0 Å². The third-order valence-electron chi connectivity index (χ3n) is 3.72. The van der Waals surface area contributed by atoms with Crippen LogP contribution in [0, 0.1) is 17.1 Å². The Morgan fingerprint density at radius 1 is 1.32 bits per heavy atom. The van der Waals surface area contributed by atoms with Gasteiger partial charge in [-0.25, -0.2) is 4.39 Å². The van der Waals surface area contributed by atoms with Crippen LogP contribution in [0.5, 0.6) is 0 Å². The Kier molecular flexibility index (Phi) is 4.52. The fraction of sp³-hybridized carbons (Fsp3) is 0.533. The van der Waals surface area contributed by atoms with Crippen LogP contribution < -0.4 is 5.32 Å². The van der Waals surface area contributed by atoms with Crippen LogP contribution in [-0.2, 0) is 6.54 Å². The first-order chi connectivity index (χ1) is 9.13. The van der Waals surface area contributed by atoms with Crippen molar-refractivity contribution < 1.29 is 9.50 Å². The highest BCUT2D eigenvalue weighted by Gasteiger charge is 2.28. The van der Waals surface area contributed by atoms with E-state index in [9.17, 15) is 9.50 Å². The fourth-order valence-electron chi connectivity index (χ4n) is 2.59. The summed E-state index contributed by atoms with van der Waals surface area (Å²) in [4.78, 5) is 0. The molecule has 19 heavy (non-hydrogen) atoms. The maximum atomic E-state index is 13.2. The van der Waals surface area contributed by atoms with E-state index in [0.717, 1.165) is 31.2 Å². The van der Waals surface area contributed by atoms with E-state index in [1.165, 1.54) is 12.5 Å². The molecule has 0 bridgehead atoms. The van der Waals surface area contributed by atoms with Gasteiger partial charge in [-0.05, 0) is 30.5 Å². The molecule has 0 aliphatic heterocycles. The number of benzene rings is 1. The topological polar surface area (TPSA) is 56.0 Å². The summed E-state index contributed by atoms with van der Waals surface area (Å²) in [5.41, 5.74) is 0.323. The lowest BCUT2D eigenvalue weighted by molar-refractivity contribution is 0.00467. The molecular formula is C15H19FN2O. The first-order valence-corrected chi connectivity index (χ1v) is 6.75. The maximum Gasteiger partial charge on any atom is 0.140 e. The van der Waals surface area contributed by atoms with Gasteiger partial charge in [-0.15, -0.1) is 0 Å². The minimum absolute atomic E-state index is 0.0654. The lowest BCUT2D eigenvalue weighted by Gasteiger charge is -2.32. The SMILES string of the molecule is N#Cc1cc(CNCC2(O)CCCCC2)ccc1F. The van der Waals surface area contributed by atoms with Crippen molar-refractivity contribution in [2.75, 3.05) is 6.54 Å². The van der Waals surface area contributed by atoms with Crippen molar-refractivity contribution in [3.63, 3.8) is 0 Å². The normalized spacial score (nSPS) is 17.9. The highest BCUT2D eigenvalue weighted by molar-refractivity contribution is 5.34. The Morgan fingerprint density at radius 2 is 2.05 bits per heavy atom. The quantitative estimate of drug-likeness (QED) is 0.876. The summed E-state index contributed by atoms with van der Waals surface area (Å²) in [6.45, 7) is 1.09. The summed E-state index contributed by atoms with van der Waals surface area (Å²) in [5.74, 6) is -0.489. The fourth-order valence-corrected chi connectivity index (χ4v) is 2.59. The van der Waals surface area contributed by atoms with E-state index in [-0.39, 0.29) is 5.56 Å². The van der Waals surface area contributed by atoms with Crippen LogP contribution in [0.25, 0.3) is 0 Å². The monoisotopic (exact) mass is 262 g/mol. The molecule has 2 rings (SSSR count). The average molecular weight is 262 g/mol. The van der Waals surface area contributed by atoms with Crippen LogP contribution >= 0.6 is 0 Å². The summed E-state index contributed by atoms with van der Waals surface area (Å²) >= 11 is 0. The second-order valence-electron chi connectivity index (χ2n) is 5.31. The van der Waals surface area contributed by atoms with Crippen LogP contribution in [0.2, 0.25) is 0 Å². The van der Waals surface area contributed by atoms with Gasteiger partial charge >= 0.3 is 0 Å². The highest BCUT2D eigenvalue weighted by atomic mass is 19.1. The third kappa shape index (κ3) is 3.76. The molecule has 0 radical (unpaired) electrons. The largest absolute Gasteiger partial charge is 0.389 e. The smallest absolute Gasteiger partial charge is 0.140 e. The number of nitriles is 1. The number of hydrogen-bond donors (Lipinski definition) is 2. The number of hydrogen-bond acceptors (Lipinski definition) is 3. The molecule has 1 saturated carbocycles. The van der Waals surface area contributed by atoms with E-state index >= 15 is 0 Å². The van der Waals surface area contributed by atoms with Crippen molar-refractivity contribution in [2.24, 2.45) is 0 Å². The van der Waals surface area contributed by atoms with Gasteiger partial charge in [0.2, 0.25) is 0 Å². The van der Waals surface area contributed by atoms with E-state index < -0.39 is 11.4 Å². The Morgan fingerprint density at radius 3 is 2.74 bits per heavy atom. The molecule has 2 N–H and O–H groups in total. The molecule has 0 spiro atoms. The number of nitrogens with zero attached hydrogens (tertiary/aromatic N) is 1. The molecule has 1 aliphatic rings. The minimum Gasteiger partial charge on any atom is -0.389 e. The van der Waals surface area contributed by atoms with Crippen LogP contribution in [0.4, 0.5) is 4.39 Å². The Hall–Kier alpha value is -1.44. The first kappa shape index (κ1) is 14.0. The summed E-state index contributed by atoms with van der Waals surface area (Å²) in [6.07, 6.45) is 5.03. The van der Waals surface area contributed by atoms with Crippen LogP contribution in [0.1, 0.15) is 43.2 Å². The van der Waals surface area contributed by atoms with E-state index in [1.54, 1.807) is 12.1 Å². The molecule has 0 unspecified atom stereocenters.